The van der Waals surface area contributed by atoms with E-state index in [1.165, 1.54) is 0 Å². The summed E-state index contributed by atoms with van der Waals surface area (Å²) in [5.41, 5.74) is 4.44. The molecule has 0 aliphatic carbocycles. The van der Waals surface area contributed by atoms with Crippen molar-refractivity contribution in [2.24, 2.45) is 0 Å². The van der Waals surface area contributed by atoms with Crippen LogP contribution in [0.5, 0.6) is 0 Å². The Morgan fingerprint density at radius 3 is 2.78 bits per heavy atom. The zero-order valence-corrected chi connectivity index (χ0v) is 20.4. The van der Waals surface area contributed by atoms with Crippen molar-refractivity contribution in [1.29, 1.82) is 0 Å². The van der Waals surface area contributed by atoms with Gasteiger partial charge in [-0.15, -0.1) is 0 Å². The van der Waals surface area contributed by atoms with E-state index in [1.54, 1.807) is 29.3 Å². The van der Waals surface area contributed by atoms with Crippen LogP contribution >= 0.6 is 0 Å². The fourth-order valence-corrected chi connectivity index (χ4v) is 4.50. The molecule has 5 rings (SSSR count). The highest BCUT2D eigenvalue weighted by Gasteiger charge is 2.16. The smallest absolute Gasteiger partial charge is 0.261 e. The molecule has 1 saturated heterocycles. The fraction of sp³-hybridized carbons (Fsp3) is 0.333. The van der Waals surface area contributed by atoms with Crippen LogP contribution in [0.3, 0.4) is 0 Å². The number of amides is 1. The third kappa shape index (κ3) is 4.93. The third-order valence-corrected chi connectivity index (χ3v) is 6.71. The molecule has 1 aliphatic heterocycles. The topological polar surface area (TPSA) is 102 Å². The number of hydrogen-bond acceptors (Lipinski definition) is 7. The summed E-state index contributed by atoms with van der Waals surface area (Å²) in [5.74, 6) is -0.127. The summed E-state index contributed by atoms with van der Waals surface area (Å²) in [4.78, 5) is 32.9. The minimum absolute atomic E-state index is 0.127. The zero-order valence-electron chi connectivity index (χ0n) is 20.4. The van der Waals surface area contributed by atoms with Gasteiger partial charge in [0.2, 0.25) is 0 Å². The van der Waals surface area contributed by atoms with Crippen molar-refractivity contribution in [3.63, 3.8) is 0 Å². The summed E-state index contributed by atoms with van der Waals surface area (Å²) in [6.45, 7) is 8.41. The number of carbonyl (C=O) groups excluding carboxylic acids is 1. The summed E-state index contributed by atoms with van der Waals surface area (Å²) in [5, 5.41) is 7.44. The molecule has 1 atom stereocenters. The quantitative estimate of drug-likeness (QED) is 0.427. The molecular weight excluding hydrogens is 458 g/mol. The highest BCUT2D eigenvalue weighted by Crippen LogP contribution is 2.25. The van der Waals surface area contributed by atoms with E-state index in [0.717, 1.165) is 55.2 Å². The van der Waals surface area contributed by atoms with Crippen molar-refractivity contribution in [1.82, 2.24) is 24.9 Å². The van der Waals surface area contributed by atoms with Crippen LogP contribution in [0.2, 0.25) is 0 Å². The highest BCUT2D eigenvalue weighted by atomic mass is 16.5. The maximum atomic E-state index is 13.3. The summed E-state index contributed by atoms with van der Waals surface area (Å²) in [6.07, 6.45) is 3.15. The molecule has 4 aromatic rings. The molecule has 0 bridgehead atoms. The number of aromatic nitrogens is 3. The maximum absolute atomic E-state index is 13.3. The van der Waals surface area contributed by atoms with Crippen molar-refractivity contribution < 1.29 is 14.1 Å². The minimum Gasteiger partial charge on any atom is -0.379 e. The summed E-state index contributed by atoms with van der Waals surface area (Å²) in [7, 11) is 0. The van der Waals surface area contributed by atoms with Gasteiger partial charge >= 0.3 is 0 Å². The number of nitrogens with one attached hydrogen (secondary N) is 1. The fourth-order valence-electron chi connectivity index (χ4n) is 4.50. The van der Waals surface area contributed by atoms with Gasteiger partial charge in [0.15, 0.2) is 0 Å². The van der Waals surface area contributed by atoms with E-state index in [1.807, 2.05) is 44.2 Å². The highest BCUT2D eigenvalue weighted by molar-refractivity contribution is 5.94. The maximum Gasteiger partial charge on any atom is 0.261 e. The molecule has 1 aliphatic rings. The van der Waals surface area contributed by atoms with Crippen LogP contribution in [0.4, 0.5) is 0 Å². The molecule has 1 amide bonds. The Morgan fingerprint density at radius 2 is 2.00 bits per heavy atom. The van der Waals surface area contributed by atoms with Crippen LogP contribution in [-0.4, -0.2) is 64.9 Å². The average Bonchev–Trinajstić information content (AvgIpc) is 3.34. The number of aryl methyl sites for hydroxylation is 1. The molecule has 9 heteroatoms. The second-order valence-corrected chi connectivity index (χ2v) is 9.01. The first-order chi connectivity index (χ1) is 17.5. The molecule has 36 heavy (non-hydrogen) atoms. The number of rotatable bonds is 7. The second-order valence-electron chi connectivity index (χ2n) is 9.01. The van der Waals surface area contributed by atoms with E-state index >= 15 is 0 Å². The van der Waals surface area contributed by atoms with Crippen molar-refractivity contribution in [2.45, 2.75) is 19.9 Å². The third-order valence-electron chi connectivity index (χ3n) is 6.71. The Hall–Kier alpha value is -3.82. The Balaban J connectivity index is 1.32. The zero-order chi connectivity index (χ0) is 25.1. The Bertz CT molecular complexity index is 1440. The van der Waals surface area contributed by atoms with Crippen LogP contribution in [-0.2, 0) is 4.74 Å². The molecule has 2 aromatic heterocycles. The number of benzene rings is 2. The van der Waals surface area contributed by atoms with Crippen molar-refractivity contribution in [3.05, 3.63) is 82.2 Å². The SMILES string of the molecule is Cc1nocc1-c1ccc2c(=O)n([C@H](C)c3cccc(C(=O)NCCN4CCOCC4)c3)cnc2c1. The Kier molecular flexibility index (Phi) is 6.92. The van der Waals surface area contributed by atoms with Crippen LogP contribution in [0.25, 0.3) is 22.0 Å². The first kappa shape index (κ1) is 23.9. The monoisotopic (exact) mass is 487 g/mol. The molecule has 0 saturated carbocycles. The molecule has 2 aromatic carbocycles. The van der Waals surface area contributed by atoms with E-state index in [-0.39, 0.29) is 17.5 Å². The van der Waals surface area contributed by atoms with Gasteiger partial charge in [-0.3, -0.25) is 19.1 Å². The summed E-state index contributed by atoms with van der Waals surface area (Å²) < 4.78 is 12.0. The molecule has 3 heterocycles. The number of ether oxygens (including phenoxy) is 1. The van der Waals surface area contributed by atoms with E-state index in [4.69, 9.17) is 9.26 Å². The molecule has 1 fully saturated rings. The molecule has 186 valence electrons. The molecule has 0 spiro atoms. The van der Waals surface area contributed by atoms with E-state index in [0.29, 0.717) is 23.0 Å². The molecular formula is C27H29N5O4. The lowest BCUT2D eigenvalue weighted by Gasteiger charge is -2.26. The lowest BCUT2D eigenvalue weighted by atomic mass is 10.0. The van der Waals surface area contributed by atoms with Crippen LogP contribution in [0, 0.1) is 6.92 Å². The van der Waals surface area contributed by atoms with Crippen molar-refractivity contribution in [2.75, 3.05) is 39.4 Å². The van der Waals surface area contributed by atoms with E-state index in [9.17, 15) is 9.59 Å². The number of fused-ring (bicyclic) bond motifs is 1. The second kappa shape index (κ2) is 10.4. The normalized spacial score (nSPS) is 15.2. The predicted octanol–water partition coefficient (Wildman–Crippen LogP) is 3.03. The van der Waals surface area contributed by atoms with Gasteiger partial charge in [-0.25, -0.2) is 4.98 Å². The first-order valence-corrected chi connectivity index (χ1v) is 12.1. The standard InChI is InChI=1S/C27H29N5O4/c1-18-24(16-36-30-18)21-6-7-23-25(15-21)29-17-32(27(23)34)19(2)20-4-3-5-22(14-20)26(33)28-8-9-31-10-12-35-13-11-31/h3-7,14-17,19H,8-13H2,1-2H3,(H,28,33)/t19-/m1/s1. The van der Waals surface area contributed by atoms with Gasteiger partial charge in [-0.2, -0.15) is 0 Å². The number of carbonyl (C=O) groups is 1. The van der Waals surface area contributed by atoms with Gasteiger partial charge in [-0.1, -0.05) is 23.4 Å². The van der Waals surface area contributed by atoms with E-state index in [2.05, 4.69) is 20.4 Å². The van der Waals surface area contributed by atoms with E-state index < -0.39 is 0 Å². The van der Waals surface area contributed by atoms with Gasteiger partial charge in [0.25, 0.3) is 11.5 Å². The van der Waals surface area contributed by atoms with Gasteiger partial charge < -0.3 is 14.6 Å². The Morgan fingerprint density at radius 1 is 1.17 bits per heavy atom. The number of morpholine rings is 1. The minimum atomic E-state index is -0.296. The Labute approximate surface area is 208 Å². The van der Waals surface area contributed by atoms with Crippen molar-refractivity contribution in [3.8, 4) is 11.1 Å². The van der Waals surface area contributed by atoms with Crippen molar-refractivity contribution >= 4 is 16.8 Å². The summed E-state index contributed by atoms with van der Waals surface area (Å²) >= 11 is 0. The largest absolute Gasteiger partial charge is 0.379 e. The van der Waals surface area contributed by atoms with Crippen LogP contribution in [0.1, 0.15) is 34.6 Å². The van der Waals surface area contributed by atoms with Gasteiger partial charge in [-0.05, 0) is 49.2 Å². The van der Waals surface area contributed by atoms with Crippen LogP contribution < -0.4 is 10.9 Å². The van der Waals surface area contributed by atoms with Gasteiger partial charge in [0.05, 0.1) is 42.2 Å². The van der Waals surface area contributed by atoms with Crippen LogP contribution in [0.15, 0.2) is 64.4 Å². The number of hydrogen-bond donors (Lipinski definition) is 1. The lowest BCUT2D eigenvalue weighted by molar-refractivity contribution is 0.0383. The molecule has 0 unspecified atom stereocenters. The predicted molar refractivity (Wildman–Crippen MR) is 136 cm³/mol. The first-order valence-electron chi connectivity index (χ1n) is 12.1. The van der Waals surface area contributed by atoms with Gasteiger partial charge in [0.1, 0.15) is 6.26 Å². The molecule has 9 nitrogen and oxygen atoms in total. The van der Waals surface area contributed by atoms with Gasteiger partial charge in [0, 0.05) is 37.3 Å². The lowest BCUT2D eigenvalue weighted by Crippen LogP contribution is -2.41. The molecule has 0 radical (unpaired) electrons. The number of nitrogens with zero attached hydrogens (tertiary/aromatic N) is 4. The molecule has 1 N–H and O–H groups in total. The summed E-state index contributed by atoms with van der Waals surface area (Å²) in [6, 6.07) is 12.6. The average molecular weight is 488 g/mol.